The summed E-state index contributed by atoms with van der Waals surface area (Å²) in [7, 11) is 0. The Labute approximate surface area is 113 Å². The molecule has 6 heteroatoms. The normalized spacial score (nSPS) is 13.2. The minimum atomic E-state index is -4.73. The van der Waals surface area contributed by atoms with Crippen molar-refractivity contribution >= 4 is 0 Å². The van der Waals surface area contributed by atoms with E-state index >= 15 is 0 Å². The lowest BCUT2D eigenvalue weighted by Crippen LogP contribution is -2.18. The van der Waals surface area contributed by atoms with Crippen LogP contribution >= 0.6 is 0 Å². The molecule has 0 amide bonds. The van der Waals surface area contributed by atoms with Gasteiger partial charge in [-0.25, -0.2) is 4.39 Å². The highest BCUT2D eigenvalue weighted by Crippen LogP contribution is 2.33. The van der Waals surface area contributed by atoms with Crippen molar-refractivity contribution in [3.8, 4) is 0 Å². The highest BCUT2D eigenvalue weighted by molar-refractivity contribution is 5.31. The minimum absolute atomic E-state index is 0.149. The molecule has 0 radical (unpaired) electrons. The summed E-state index contributed by atoms with van der Waals surface area (Å²) in [4.78, 5) is 3.88. The smallest absolute Gasteiger partial charge is 0.324 e. The van der Waals surface area contributed by atoms with Crippen LogP contribution in [-0.2, 0) is 12.6 Å². The fourth-order valence-corrected chi connectivity index (χ4v) is 1.94. The zero-order valence-corrected chi connectivity index (χ0v) is 10.4. The number of halogens is 4. The van der Waals surface area contributed by atoms with Crippen LogP contribution in [0.1, 0.15) is 22.7 Å². The van der Waals surface area contributed by atoms with E-state index in [0.717, 1.165) is 11.6 Å². The lowest BCUT2D eigenvalue weighted by atomic mass is 9.98. The number of pyridine rings is 1. The summed E-state index contributed by atoms with van der Waals surface area (Å²) in [5.41, 5.74) is 5.09. The van der Waals surface area contributed by atoms with Gasteiger partial charge in [-0.2, -0.15) is 13.2 Å². The predicted octanol–water partition coefficient (Wildman–Crippen LogP) is 3.48. The van der Waals surface area contributed by atoms with E-state index in [1.54, 1.807) is 24.5 Å². The van der Waals surface area contributed by atoms with Crippen molar-refractivity contribution in [2.24, 2.45) is 5.73 Å². The van der Waals surface area contributed by atoms with E-state index in [1.807, 2.05) is 0 Å². The van der Waals surface area contributed by atoms with E-state index in [4.69, 9.17) is 5.73 Å². The van der Waals surface area contributed by atoms with Gasteiger partial charge in [0.2, 0.25) is 0 Å². The highest BCUT2D eigenvalue weighted by atomic mass is 19.4. The molecule has 1 aromatic carbocycles. The molecule has 20 heavy (non-hydrogen) atoms. The zero-order valence-electron chi connectivity index (χ0n) is 10.4. The first-order chi connectivity index (χ1) is 9.39. The Morgan fingerprint density at radius 1 is 1.15 bits per heavy atom. The summed E-state index contributed by atoms with van der Waals surface area (Å²) >= 11 is 0. The maximum atomic E-state index is 13.9. The first-order valence-corrected chi connectivity index (χ1v) is 5.89. The first kappa shape index (κ1) is 14.5. The van der Waals surface area contributed by atoms with Crippen LogP contribution in [0.2, 0.25) is 0 Å². The van der Waals surface area contributed by atoms with E-state index in [2.05, 4.69) is 4.98 Å². The van der Waals surface area contributed by atoms with Gasteiger partial charge in [-0.1, -0.05) is 18.2 Å². The molecule has 1 heterocycles. The molecule has 2 aromatic rings. The number of aromatic nitrogens is 1. The van der Waals surface area contributed by atoms with Crippen molar-refractivity contribution in [1.29, 1.82) is 0 Å². The average molecular weight is 284 g/mol. The summed E-state index contributed by atoms with van der Waals surface area (Å²) in [5, 5.41) is 0. The Balaban J connectivity index is 2.29. The van der Waals surface area contributed by atoms with Crippen LogP contribution in [0.15, 0.2) is 42.7 Å². The third-order valence-corrected chi connectivity index (χ3v) is 2.91. The Hall–Kier alpha value is -1.95. The molecule has 2 nitrogen and oxygen atoms in total. The third-order valence-electron chi connectivity index (χ3n) is 2.91. The van der Waals surface area contributed by atoms with Crippen LogP contribution < -0.4 is 5.73 Å². The number of rotatable bonds is 3. The van der Waals surface area contributed by atoms with Gasteiger partial charge in [-0.05, 0) is 24.1 Å². The quantitative estimate of drug-likeness (QED) is 0.876. The molecule has 0 fully saturated rings. The summed E-state index contributed by atoms with van der Waals surface area (Å²) in [5.74, 6) is -1.31. The standard InChI is InChI=1S/C14H12F4N2/c15-13-10(4-1-5-11(13)14(16,17)18)12(19)7-9-3-2-6-20-8-9/h1-6,8,12H,7,19H2. The van der Waals surface area contributed by atoms with Gasteiger partial charge in [-0.3, -0.25) is 4.98 Å². The molecule has 0 aliphatic carbocycles. The van der Waals surface area contributed by atoms with Crippen molar-refractivity contribution in [3.63, 3.8) is 0 Å². The number of hydrogen-bond acceptors (Lipinski definition) is 2. The molecule has 0 spiro atoms. The molecule has 106 valence electrons. The second-order valence-electron chi connectivity index (χ2n) is 4.38. The largest absolute Gasteiger partial charge is 0.419 e. The number of nitrogens with two attached hydrogens (primary N) is 1. The summed E-state index contributed by atoms with van der Waals surface area (Å²) < 4.78 is 51.8. The average Bonchev–Trinajstić information content (AvgIpc) is 2.38. The van der Waals surface area contributed by atoms with Gasteiger partial charge in [0, 0.05) is 24.0 Å². The number of alkyl halides is 3. The second kappa shape index (κ2) is 5.58. The van der Waals surface area contributed by atoms with Gasteiger partial charge in [0.1, 0.15) is 5.82 Å². The predicted molar refractivity (Wildman–Crippen MR) is 66.3 cm³/mol. The summed E-state index contributed by atoms with van der Waals surface area (Å²) in [6, 6.07) is 5.69. The molecule has 2 N–H and O–H groups in total. The Kier molecular flexibility index (Phi) is 4.04. The molecule has 0 aliphatic heterocycles. The van der Waals surface area contributed by atoms with Gasteiger partial charge >= 0.3 is 6.18 Å². The van der Waals surface area contributed by atoms with Gasteiger partial charge in [-0.15, -0.1) is 0 Å². The van der Waals surface area contributed by atoms with E-state index in [0.29, 0.717) is 6.07 Å². The molecule has 0 saturated heterocycles. The van der Waals surface area contributed by atoms with Crippen molar-refractivity contribution in [1.82, 2.24) is 4.98 Å². The number of benzene rings is 1. The van der Waals surface area contributed by atoms with Gasteiger partial charge in [0.15, 0.2) is 0 Å². The molecule has 0 saturated carbocycles. The molecular formula is C14H12F4N2. The van der Waals surface area contributed by atoms with Gasteiger partial charge < -0.3 is 5.73 Å². The van der Waals surface area contributed by atoms with Gasteiger partial charge in [0.05, 0.1) is 5.56 Å². The van der Waals surface area contributed by atoms with Crippen LogP contribution in [-0.4, -0.2) is 4.98 Å². The monoisotopic (exact) mass is 284 g/mol. The lowest BCUT2D eigenvalue weighted by Gasteiger charge is -2.16. The van der Waals surface area contributed by atoms with E-state index in [1.165, 1.54) is 6.07 Å². The van der Waals surface area contributed by atoms with E-state index in [-0.39, 0.29) is 12.0 Å². The fraction of sp³-hybridized carbons (Fsp3) is 0.214. The Bertz CT molecular complexity index is 581. The van der Waals surface area contributed by atoms with Crippen LogP contribution in [0.3, 0.4) is 0 Å². The van der Waals surface area contributed by atoms with Crippen molar-refractivity contribution in [3.05, 3.63) is 65.2 Å². The SMILES string of the molecule is NC(Cc1cccnc1)c1cccc(C(F)(F)F)c1F. The van der Waals surface area contributed by atoms with Crippen LogP contribution in [0.25, 0.3) is 0 Å². The lowest BCUT2D eigenvalue weighted by molar-refractivity contribution is -0.140. The summed E-state index contributed by atoms with van der Waals surface area (Å²) in [6.07, 6.45) is -1.40. The molecule has 1 aromatic heterocycles. The maximum absolute atomic E-state index is 13.9. The third kappa shape index (κ3) is 3.14. The second-order valence-corrected chi connectivity index (χ2v) is 4.38. The molecule has 0 bridgehead atoms. The first-order valence-electron chi connectivity index (χ1n) is 5.89. The van der Waals surface area contributed by atoms with Crippen LogP contribution in [0.4, 0.5) is 17.6 Å². The zero-order chi connectivity index (χ0) is 14.8. The number of nitrogens with zero attached hydrogens (tertiary/aromatic N) is 1. The van der Waals surface area contributed by atoms with E-state index < -0.39 is 23.6 Å². The fourth-order valence-electron chi connectivity index (χ4n) is 1.94. The molecule has 0 aliphatic rings. The minimum Gasteiger partial charge on any atom is -0.324 e. The molecule has 1 atom stereocenters. The Morgan fingerprint density at radius 3 is 2.50 bits per heavy atom. The van der Waals surface area contributed by atoms with Crippen molar-refractivity contribution in [2.75, 3.05) is 0 Å². The highest BCUT2D eigenvalue weighted by Gasteiger charge is 2.35. The molecule has 2 rings (SSSR count). The maximum Gasteiger partial charge on any atom is 0.419 e. The van der Waals surface area contributed by atoms with Crippen molar-refractivity contribution < 1.29 is 17.6 Å². The van der Waals surface area contributed by atoms with E-state index in [9.17, 15) is 17.6 Å². The molecule has 1 unspecified atom stereocenters. The number of hydrogen-bond donors (Lipinski definition) is 1. The van der Waals surface area contributed by atoms with Crippen LogP contribution in [0.5, 0.6) is 0 Å². The summed E-state index contributed by atoms with van der Waals surface area (Å²) in [6.45, 7) is 0. The van der Waals surface area contributed by atoms with Crippen LogP contribution in [0, 0.1) is 5.82 Å². The topological polar surface area (TPSA) is 38.9 Å². The Morgan fingerprint density at radius 2 is 1.90 bits per heavy atom. The molecular weight excluding hydrogens is 272 g/mol. The van der Waals surface area contributed by atoms with Crippen molar-refractivity contribution in [2.45, 2.75) is 18.6 Å². The van der Waals surface area contributed by atoms with Gasteiger partial charge in [0.25, 0.3) is 0 Å².